The van der Waals surface area contributed by atoms with Gasteiger partial charge in [0.1, 0.15) is 23.9 Å². The maximum absolute atomic E-state index is 13.3. The lowest BCUT2D eigenvalue weighted by atomic mass is 10.1. The number of nitro benzene ring substituents is 1. The maximum Gasteiger partial charge on any atom is 0.270 e. The fourth-order valence-corrected chi connectivity index (χ4v) is 3.37. The van der Waals surface area contributed by atoms with Crippen LogP contribution in [0.25, 0.3) is 0 Å². The molecule has 0 fully saturated rings. The first-order valence-corrected chi connectivity index (χ1v) is 10.5. The highest BCUT2D eigenvalue weighted by Crippen LogP contribution is 2.17. The first-order chi connectivity index (χ1) is 16.3. The predicted molar refractivity (Wildman–Crippen MR) is 123 cm³/mol. The Morgan fingerprint density at radius 1 is 1.09 bits per heavy atom. The molecular formula is C25H24FN3O5. The molecule has 34 heavy (non-hydrogen) atoms. The van der Waals surface area contributed by atoms with E-state index in [2.05, 4.69) is 6.58 Å². The van der Waals surface area contributed by atoms with Gasteiger partial charge in [-0.3, -0.25) is 19.7 Å². The van der Waals surface area contributed by atoms with Gasteiger partial charge in [-0.25, -0.2) is 4.39 Å². The van der Waals surface area contributed by atoms with Crippen LogP contribution in [0.4, 0.5) is 10.1 Å². The summed E-state index contributed by atoms with van der Waals surface area (Å²) in [7, 11) is 0. The van der Waals surface area contributed by atoms with Gasteiger partial charge in [0.05, 0.1) is 11.5 Å². The summed E-state index contributed by atoms with van der Waals surface area (Å²) in [5.41, 5.74) is 0.579. The Bertz CT molecular complexity index is 1190. The van der Waals surface area contributed by atoms with Crippen molar-refractivity contribution >= 4 is 17.5 Å². The SMILES string of the molecule is C=CCN(CC(=O)N(Cc1ccc(F)cc1)Cc1ccc(C)o1)C(=O)c1cccc([N+](=O)[O-])c1. The summed E-state index contributed by atoms with van der Waals surface area (Å²) in [6, 6.07) is 14.7. The summed E-state index contributed by atoms with van der Waals surface area (Å²) in [6.07, 6.45) is 1.47. The molecule has 0 atom stereocenters. The number of amides is 2. The fraction of sp³-hybridized carbons (Fsp3) is 0.200. The number of nitro groups is 1. The molecule has 0 aliphatic carbocycles. The number of halogens is 1. The number of aryl methyl sites for hydroxylation is 1. The second-order valence-corrected chi connectivity index (χ2v) is 7.67. The quantitative estimate of drug-likeness (QED) is 0.250. The number of carbonyl (C=O) groups is 2. The van der Waals surface area contributed by atoms with Crippen molar-refractivity contribution in [1.29, 1.82) is 0 Å². The lowest BCUT2D eigenvalue weighted by Crippen LogP contribution is -2.42. The molecule has 8 nitrogen and oxygen atoms in total. The highest BCUT2D eigenvalue weighted by molar-refractivity contribution is 5.97. The van der Waals surface area contributed by atoms with E-state index in [9.17, 15) is 24.1 Å². The standard InChI is InChI=1S/C25H24FN3O5/c1-3-13-27(25(31)20-5-4-6-22(14-20)29(32)33)17-24(30)28(16-23-12-7-18(2)34-23)15-19-8-10-21(26)11-9-19/h3-12,14H,1,13,15-17H2,2H3. The Kier molecular flexibility index (Phi) is 7.92. The van der Waals surface area contributed by atoms with Crippen molar-refractivity contribution in [2.75, 3.05) is 13.1 Å². The molecule has 1 aromatic heterocycles. The Balaban J connectivity index is 1.82. The molecule has 1 heterocycles. The molecule has 0 bridgehead atoms. The zero-order valence-electron chi connectivity index (χ0n) is 18.6. The number of hydrogen-bond donors (Lipinski definition) is 0. The minimum Gasteiger partial charge on any atom is -0.464 e. The Morgan fingerprint density at radius 2 is 1.82 bits per heavy atom. The van der Waals surface area contributed by atoms with E-state index >= 15 is 0 Å². The lowest BCUT2D eigenvalue weighted by molar-refractivity contribution is -0.384. The van der Waals surface area contributed by atoms with E-state index in [0.717, 1.165) is 0 Å². The van der Waals surface area contributed by atoms with E-state index in [1.807, 2.05) is 0 Å². The normalized spacial score (nSPS) is 10.5. The highest BCUT2D eigenvalue weighted by Gasteiger charge is 2.24. The number of hydrogen-bond acceptors (Lipinski definition) is 5. The van der Waals surface area contributed by atoms with Crippen molar-refractivity contribution in [2.45, 2.75) is 20.0 Å². The summed E-state index contributed by atoms with van der Waals surface area (Å²) in [4.78, 5) is 39.6. The molecule has 2 amide bonds. The Labute approximate surface area is 196 Å². The van der Waals surface area contributed by atoms with Crippen molar-refractivity contribution in [3.05, 3.63) is 112 Å². The van der Waals surface area contributed by atoms with E-state index in [-0.39, 0.29) is 49.2 Å². The van der Waals surface area contributed by atoms with E-state index in [4.69, 9.17) is 4.42 Å². The number of nitrogens with zero attached hydrogens (tertiary/aromatic N) is 3. The first kappa shape index (κ1) is 24.4. The monoisotopic (exact) mass is 465 g/mol. The van der Waals surface area contributed by atoms with E-state index in [0.29, 0.717) is 17.1 Å². The molecule has 0 saturated heterocycles. The number of rotatable bonds is 10. The summed E-state index contributed by atoms with van der Waals surface area (Å²) in [5, 5.41) is 11.1. The molecule has 0 radical (unpaired) electrons. The smallest absolute Gasteiger partial charge is 0.270 e. The van der Waals surface area contributed by atoms with Gasteiger partial charge in [-0.1, -0.05) is 24.3 Å². The topological polar surface area (TPSA) is 96.9 Å². The van der Waals surface area contributed by atoms with E-state index in [1.165, 1.54) is 52.3 Å². The molecule has 0 aliphatic heterocycles. The van der Waals surface area contributed by atoms with Crippen LogP contribution in [0.15, 0.2) is 77.7 Å². The number of furan rings is 1. The second-order valence-electron chi connectivity index (χ2n) is 7.67. The van der Waals surface area contributed by atoms with Crippen molar-refractivity contribution < 1.29 is 23.3 Å². The molecule has 0 aliphatic rings. The first-order valence-electron chi connectivity index (χ1n) is 10.5. The largest absolute Gasteiger partial charge is 0.464 e. The Hall–Kier alpha value is -4.27. The molecule has 176 valence electrons. The molecule has 3 rings (SSSR count). The third kappa shape index (κ3) is 6.38. The molecule has 3 aromatic rings. The molecule has 0 saturated carbocycles. The van der Waals surface area contributed by atoms with Gasteiger partial charge in [0.15, 0.2) is 0 Å². The van der Waals surface area contributed by atoms with Gasteiger partial charge in [0.2, 0.25) is 5.91 Å². The third-order valence-corrected chi connectivity index (χ3v) is 5.05. The summed E-state index contributed by atoms with van der Waals surface area (Å²) in [5.74, 6) is -0.0407. The van der Waals surface area contributed by atoms with Crippen molar-refractivity contribution in [1.82, 2.24) is 9.80 Å². The van der Waals surface area contributed by atoms with Gasteiger partial charge in [-0.05, 0) is 42.8 Å². The number of non-ortho nitro benzene ring substituents is 1. The average Bonchev–Trinajstić information content (AvgIpc) is 3.23. The van der Waals surface area contributed by atoms with Gasteiger partial charge in [0, 0.05) is 30.8 Å². The zero-order chi connectivity index (χ0) is 24.7. The summed E-state index contributed by atoms with van der Waals surface area (Å²) in [6.45, 7) is 5.54. The third-order valence-electron chi connectivity index (χ3n) is 5.05. The molecule has 9 heteroatoms. The van der Waals surface area contributed by atoms with Crippen LogP contribution in [0, 0.1) is 22.9 Å². The zero-order valence-corrected chi connectivity index (χ0v) is 18.6. The van der Waals surface area contributed by atoms with Gasteiger partial charge in [0.25, 0.3) is 11.6 Å². The minimum absolute atomic E-state index is 0.0670. The van der Waals surface area contributed by atoms with Crippen LogP contribution in [0.5, 0.6) is 0 Å². The molecule has 0 unspecified atom stereocenters. The van der Waals surface area contributed by atoms with Crippen molar-refractivity contribution in [3.8, 4) is 0 Å². The lowest BCUT2D eigenvalue weighted by Gasteiger charge is -2.27. The van der Waals surface area contributed by atoms with Gasteiger partial charge >= 0.3 is 0 Å². The fourth-order valence-electron chi connectivity index (χ4n) is 3.37. The minimum atomic E-state index is -0.588. The second kappa shape index (κ2) is 11.0. The molecule has 0 spiro atoms. The van der Waals surface area contributed by atoms with Crippen molar-refractivity contribution in [3.63, 3.8) is 0 Å². The average molecular weight is 465 g/mol. The van der Waals surface area contributed by atoms with Crippen LogP contribution in [0.2, 0.25) is 0 Å². The molecular weight excluding hydrogens is 441 g/mol. The van der Waals surface area contributed by atoms with E-state index < -0.39 is 10.8 Å². The van der Waals surface area contributed by atoms with Crippen LogP contribution < -0.4 is 0 Å². The van der Waals surface area contributed by atoms with Crippen LogP contribution in [-0.4, -0.2) is 39.6 Å². The Morgan fingerprint density at radius 3 is 2.44 bits per heavy atom. The summed E-state index contributed by atoms with van der Waals surface area (Å²) < 4.78 is 18.9. The molecule has 2 aromatic carbocycles. The number of benzene rings is 2. The van der Waals surface area contributed by atoms with Crippen LogP contribution >= 0.6 is 0 Å². The highest BCUT2D eigenvalue weighted by atomic mass is 19.1. The van der Waals surface area contributed by atoms with Gasteiger partial charge in [-0.2, -0.15) is 0 Å². The van der Waals surface area contributed by atoms with Crippen LogP contribution in [-0.2, 0) is 17.9 Å². The van der Waals surface area contributed by atoms with Crippen LogP contribution in [0.1, 0.15) is 27.4 Å². The van der Waals surface area contributed by atoms with Crippen molar-refractivity contribution in [2.24, 2.45) is 0 Å². The molecule has 0 N–H and O–H groups in total. The van der Waals surface area contributed by atoms with Gasteiger partial charge < -0.3 is 14.2 Å². The number of carbonyl (C=O) groups excluding carboxylic acids is 2. The summed E-state index contributed by atoms with van der Waals surface area (Å²) >= 11 is 0. The van der Waals surface area contributed by atoms with E-state index in [1.54, 1.807) is 31.2 Å². The maximum atomic E-state index is 13.3. The predicted octanol–water partition coefficient (Wildman–Crippen LogP) is 4.49. The van der Waals surface area contributed by atoms with Gasteiger partial charge in [-0.15, -0.1) is 6.58 Å². The van der Waals surface area contributed by atoms with Crippen LogP contribution in [0.3, 0.4) is 0 Å².